The first-order valence-electron chi connectivity index (χ1n) is 4.60. The van der Waals surface area contributed by atoms with Crippen molar-refractivity contribution in [2.24, 2.45) is 0 Å². The van der Waals surface area contributed by atoms with E-state index in [2.05, 4.69) is 4.98 Å². The number of pyridine rings is 1. The third kappa shape index (κ3) is 4.20. The summed E-state index contributed by atoms with van der Waals surface area (Å²) in [5, 5.41) is 0. The summed E-state index contributed by atoms with van der Waals surface area (Å²) in [6.07, 6.45) is 2.64. The smallest absolute Gasteiger partial charge is 0.123 e. The van der Waals surface area contributed by atoms with Crippen molar-refractivity contribution in [2.75, 3.05) is 26.1 Å². The Kier molecular flexibility index (Phi) is 4.96. The highest BCUT2D eigenvalue weighted by Crippen LogP contribution is 2.02. The number of nitrogens with zero attached hydrogens (tertiary/aromatic N) is 1. The Labute approximate surface area is 84.0 Å². The predicted molar refractivity (Wildman–Crippen MR) is 54.8 cm³/mol. The van der Waals surface area contributed by atoms with Crippen LogP contribution >= 0.6 is 0 Å². The van der Waals surface area contributed by atoms with E-state index in [1.807, 2.05) is 6.07 Å². The SMILES string of the molecule is COCCCOCc1ccc(N)nc1. The Morgan fingerprint density at radius 2 is 2.21 bits per heavy atom. The quantitative estimate of drug-likeness (QED) is 0.695. The highest BCUT2D eigenvalue weighted by molar-refractivity contribution is 5.28. The average molecular weight is 196 g/mol. The minimum atomic E-state index is 0.535. The van der Waals surface area contributed by atoms with Gasteiger partial charge in [-0.2, -0.15) is 0 Å². The fraction of sp³-hybridized carbons (Fsp3) is 0.500. The predicted octanol–water partition coefficient (Wildman–Crippen LogP) is 1.22. The molecule has 4 nitrogen and oxygen atoms in total. The van der Waals surface area contributed by atoms with Crippen LogP contribution in [-0.4, -0.2) is 25.3 Å². The minimum absolute atomic E-state index is 0.535. The van der Waals surface area contributed by atoms with Crippen LogP contribution in [0.2, 0.25) is 0 Å². The van der Waals surface area contributed by atoms with Gasteiger partial charge in [-0.15, -0.1) is 0 Å². The number of aromatic nitrogens is 1. The fourth-order valence-electron chi connectivity index (χ4n) is 1.02. The first-order valence-corrected chi connectivity index (χ1v) is 4.60. The monoisotopic (exact) mass is 196 g/mol. The molecule has 0 aromatic carbocycles. The summed E-state index contributed by atoms with van der Waals surface area (Å²) in [7, 11) is 1.68. The molecule has 0 bridgehead atoms. The zero-order valence-corrected chi connectivity index (χ0v) is 8.40. The van der Waals surface area contributed by atoms with Gasteiger partial charge in [0, 0.05) is 26.5 Å². The third-order valence-corrected chi connectivity index (χ3v) is 1.75. The molecule has 0 fully saturated rings. The molecule has 1 rings (SSSR count). The maximum absolute atomic E-state index is 5.45. The summed E-state index contributed by atoms with van der Waals surface area (Å²) >= 11 is 0. The van der Waals surface area contributed by atoms with Crippen molar-refractivity contribution < 1.29 is 9.47 Å². The summed E-state index contributed by atoms with van der Waals surface area (Å²) in [6, 6.07) is 3.69. The molecule has 0 saturated carbocycles. The van der Waals surface area contributed by atoms with Gasteiger partial charge in [0.2, 0.25) is 0 Å². The van der Waals surface area contributed by atoms with Crippen LogP contribution in [0.4, 0.5) is 5.82 Å². The molecule has 0 atom stereocenters. The van der Waals surface area contributed by atoms with Crippen LogP contribution in [0.1, 0.15) is 12.0 Å². The number of hydrogen-bond donors (Lipinski definition) is 1. The highest BCUT2D eigenvalue weighted by Gasteiger charge is 1.93. The van der Waals surface area contributed by atoms with Crippen molar-refractivity contribution in [2.45, 2.75) is 13.0 Å². The molecule has 4 heteroatoms. The maximum Gasteiger partial charge on any atom is 0.123 e. The first kappa shape index (κ1) is 10.9. The van der Waals surface area contributed by atoms with E-state index in [1.165, 1.54) is 0 Å². The van der Waals surface area contributed by atoms with Crippen LogP contribution in [0.25, 0.3) is 0 Å². The Hall–Kier alpha value is -1.13. The summed E-state index contributed by atoms with van der Waals surface area (Å²) in [5.74, 6) is 0.535. The highest BCUT2D eigenvalue weighted by atomic mass is 16.5. The van der Waals surface area contributed by atoms with Crippen LogP contribution < -0.4 is 5.73 Å². The second kappa shape index (κ2) is 6.34. The number of anilines is 1. The van der Waals surface area contributed by atoms with Crippen molar-refractivity contribution in [3.8, 4) is 0 Å². The van der Waals surface area contributed by atoms with Crippen LogP contribution in [0.5, 0.6) is 0 Å². The van der Waals surface area contributed by atoms with E-state index in [1.54, 1.807) is 19.4 Å². The zero-order valence-electron chi connectivity index (χ0n) is 8.40. The number of hydrogen-bond acceptors (Lipinski definition) is 4. The van der Waals surface area contributed by atoms with E-state index >= 15 is 0 Å². The second-order valence-corrected chi connectivity index (χ2v) is 2.99. The largest absolute Gasteiger partial charge is 0.385 e. The molecule has 0 radical (unpaired) electrons. The molecule has 0 aliphatic carbocycles. The van der Waals surface area contributed by atoms with Gasteiger partial charge in [0.15, 0.2) is 0 Å². The summed E-state index contributed by atoms with van der Waals surface area (Å²) in [4.78, 5) is 3.97. The third-order valence-electron chi connectivity index (χ3n) is 1.75. The Bertz CT molecular complexity index is 249. The van der Waals surface area contributed by atoms with Crippen LogP contribution in [-0.2, 0) is 16.1 Å². The minimum Gasteiger partial charge on any atom is -0.385 e. The molecular formula is C10H16N2O2. The second-order valence-electron chi connectivity index (χ2n) is 2.99. The molecule has 1 aromatic rings. The lowest BCUT2D eigenvalue weighted by atomic mass is 10.3. The van der Waals surface area contributed by atoms with E-state index in [-0.39, 0.29) is 0 Å². The number of rotatable bonds is 6. The molecule has 0 saturated heterocycles. The van der Waals surface area contributed by atoms with Crippen LogP contribution in [0, 0.1) is 0 Å². The molecule has 0 aliphatic rings. The lowest BCUT2D eigenvalue weighted by Crippen LogP contribution is -2.00. The Morgan fingerprint density at radius 3 is 2.86 bits per heavy atom. The van der Waals surface area contributed by atoms with E-state index in [9.17, 15) is 0 Å². The van der Waals surface area contributed by atoms with E-state index in [4.69, 9.17) is 15.2 Å². The van der Waals surface area contributed by atoms with Crippen molar-refractivity contribution in [1.29, 1.82) is 0 Å². The van der Waals surface area contributed by atoms with Gasteiger partial charge in [-0.05, 0) is 18.1 Å². The molecule has 1 heterocycles. The zero-order chi connectivity index (χ0) is 10.2. The van der Waals surface area contributed by atoms with E-state index < -0.39 is 0 Å². The van der Waals surface area contributed by atoms with E-state index in [0.717, 1.165) is 18.6 Å². The van der Waals surface area contributed by atoms with Crippen LogP contribution in [0.15, 0.2) is 18.3 Å². The van der Waals surface area contributed by atoms with Gasteiger partial charge in [-0.25, -0.2) is 4.98 Å². The Morgan fingerprint density at radius 1 is 1.36 bits per heavy atom. The van der Waals surface area contributed by atoms with Crippen molar-refractivity contribution >= 4 is 5.82 Å². The summed E-state index contributed by atoms with van der Waals surface area (Å²) < 4.78 is 10.3. The van der Waals surface area contributed by atoms with Crippen LogP contribution in [0.3, 0.4) is 0 Å². The standard InChI is InChI=1S/C10H16N2O2/c1-13-5-2-6-14-8-9-3-4-10(11)12-7-9/h3-4,7H,2,5-6,8H2,1H3,(H2,11,12). The molecule has 0 unspecified atom stereocenters. The van der Waals surface area contributed by atoms with Crippen molar-refractivity contribution in [3.63, 3.8) is 0 Å². The van der Waals surface area contributed by atoms with Gasteiger partial charge in [-0.3, -0.25) is 0 Å². The fourth-order valence-corrected chi connectivity index (χ4v) is 1.02. The molecular weight excluding hydrogens is 180 g/mol. The van der Waals surface area contributed by atoms with Gasteiger partial charge < -0.3 is 15.2 Å². The van der Waals surface area contributed by atoms with Gasteiger partial charge in [-0.1, -0.05) is 6.07 Å². The van der Waals surface area contributed by atoms with Crippen molar-refractivity contribution in [3.05, 3.63) is 23.9 Å². The molecule has 0 spiro atoms. The van der Waals surface area contributed by atoms with Crippen molar-refractivity contribution in [1.82, 2.24) is 4.98 Å². The average Bonchev–Trinajstić information content (AvgIpc) is 2.21. The molecule has 1 aromatic heterocycles. The van der Waals surface area contributed by atoms with Gasteiger partial charge in [0.05, 0.1) is 6.61 Å². The molecule has 0 amide bonds. The van der Waals surface area contributed by atoms with Gasteiger partial charge >= 0.3 is 0 Å². The topological polar surface area (TPSA) is 57.4 Å². The lowest BCUT2D eigenvalue weighted by molar-refractivity contribution is 0.0927. The first-order chi connectivity index (χ1) is 6.83. The summed E-state index contributed by atoms with van der Waals surface area (Å²) in [6.45, 7) is 2.02. The molecule has 0 aliphatic heterocycles. The Balaban J connectivity index is 2.15. The lowest BCUT2D eigenvalue weighted by Gasteiger charge is -2.03. The number of nitrogen functional groups attached to an aromatic ring is 1. The van der Waals surface area contributed by atoms with Gasteiger partial charge in [0.1, 0.15) is 5.82 Å². The number of nitrogens with two attached hydrogens (primary N) is 1. The molecule has 2 N–H and O–H groups in total. The summed E-state index contributed by atoms with van der Waals surface area (Å²) in [5.41, 5.74) is 6.49. The number of ether oxygens (including phenoxy) is 2. The molecule has 78 valence electrons. The number of methoxy groups -OCH3 is 1. The van der Waals surface area contributed by atoms with E-state index in [0.29, 0.717) is 19.0 Å². The normalized spacial score (nSPS) is 10.4. The van der Waals surface area contributed by atoms with Gasteiger partial charge in [0.25, 0.3) is 0 Å². The maximum atomic E-state index is 5.45. The molecule has 14 heavy (non-hydrogen) atoms.